The third-order valence-corrected chi connectivity index (χ3v) is 2.76. The molecule has 1 atom stereocenters. The van der Waals surface area contributed by atoms with Gasteiger partial charge in [0, 0.05) is 12.5 Å². The lowest BCUT2D eigenvalue weighted by molar-refractivity contribution is -0.152. The van der Waals surface area contributed by atoms with Gasteiger partial charge in [0.05, 0.1) is 0 Å². The summed E-state index contributed by atoms with van der Waals surface area (Å²) < 4.78 is 31.6. The maximum atomic E-state index is 13.6. The molecule has 0 amide bonds. The monoisotopic (exact) mass is 244 g/mol. The topological polar surface area (TPSA) is 46.5 Å². The van der Waals surface area contributed by atoms with Gasteiger partial charge in [0.2, 0.25) is 0 Å². The first-order valence-corrected chi connectivity index (χ1v) is 5.02. The molecule has 3 nitrogen and oxygen atoms in total. The fourth-order valence-corrected chi connectivity index (χ4v) is 1.85. The molecule has 0 aliphatic carbocycles. The smallest absolute Gasteiger partial charge is 0.333 e. The van der Waals surface area contributed by atoms with Gasteiger partial charge in [0.25, 0.3) is 0 Å². The zero-order valence-electron chi connectivity index (χ0n) is 9.83. The van der Waals surface area contributed by atoms with Gasteiger partial charge in [-0.3, -0.25) is 0 Å². The fourth-order valence-electron chi connectivity index (χ4n) is 1.85. The predicted molar refractivity (Wildman–Crippen MR) is 57.8 cm³/mol. The van der Waals surface area contributed by atoms with Gasteiger partial charge in [-0.1, -0.05) is 26.0 Å². The lowest BCUT2D eigenvalue weighted by Crippen LogP contribution is -2.42. The van der Waals surface area contributed by atoms with E-state index >= 15 is 0 Å². The van der Waals surface area contributed by atoms with Gasteiger partial charge in [-0.05, 0) is 11.6 Å². The van der Waals surface area contributed by atoms with Crippen LogP contribution in [0.5, 0.6) is 0 Å². The van der Waals surface area contributed by atoms with Crippen LogP contribution in [0, 0.1) is 11.6 Å². The zero-order valence-corrected chi connectivity index (χ0v) is 9.83. The van der Waals surface area contributed by atoms with E-state index in [1.807, 2.05) is 0 Å². The molecular formula is C12H14F2O3. The molecule has 0 saturated heterocycles. The van der Waals surface area contributed by atoms with Crippen molar-refractivity contribution < 1.29 is 23.4 Å². The van der Waals surface area contributed by atoms with Crippen molar-refractivity contribution in [2.24, 2.45) is 0 Å². The number of hydrogen-bond acceptors (Lipinski definition) is 2. The van der Waals surface area contributed by atoms with Crippen molar-refractivity contribution in [1.82, 2.24) is 0 Å². The molecule has 0 radical (unpaired) electrons. The van der Waals surface area contributed by atoms with Crippen LogP contribution in [-0.2, 0) is 14.9 Å². The molecule has 1 N–H and O–H groups in total. The minimum Gasteiger partial charge on any atom is -0.479 e. The summed E-state index contributed by atoms with van der Waals surface area (Å²) in [5.41, 5.74) is -1.20. The fraction of sp³-hybridized carbons (Fsp3) is 0.417. The maximum Gasteiger partial charge on any atom is 0.333 e. The van der Waals surface area contributed by atoms with Gasteiger partial charge in [-0.25, -0.2) is 13.6 Å². The third-order valence-electron chi connectivity index (χ3n) is 2.76. The molecule has 0 fully saturated rings. The summed E-state index contributed by atoms with van der Waals surface area (Å²) in [7, 11) is 1.22. The summed E-state index contributed by atoms with van der Waals surface area (Å²) >= 11 is 0. The summed E-state index contributed by atoms with van der Waals surface area (Å²) in [6.07, 6.45) is -1.25. The molecule has 94 valence electrons. The Morgan fingerprint density at radius 2 is 2.00 bits per heavy atom. The Kier molecular flexibility index (Phi) is 3.83. The Balaban J connectivity index is 3.29. The largest absolute Gasteiger partial charge is 0.479 e. The molecule has 17 heavy (non-hydrogen) atoms. The first-order valence-electron chi connectivity index (χ1n) is 5.02. The average Bonchev–Trinajstić information content (AvgIpc) is 2.21. The second kappa shape index (κ2) is 4.79. The van der Waals surface area contributed by atoms with Crippen LogP contribution in [0.25, 0.3) is 0 Å². The second-order valence-electron chi connectivity index (χ2n) is 4.28. The molecule has 1 aromatic carbocycles. The molecule has 0 saturated carbocycles. The number of benzene rings is 1. The first-order chi connectivity index (χ1) is 7.82. The maximum absolute atomic E-state index is 13.6. The molecular weight excluding hydrogens is 230 g/mol. The highest BCUT2D eigenvalue weighted by Gasteiger charge is 2.39. The molecule has 1 rings (SSSR count). The number of carbonyl (C=O) groups is 1. The Labute approximate surface area is 98.0 Å². The number of carboxylic acid groups (broad SMARTS) is 1. The van der Waals surface area contributed by atoms with E-state index in [0.29, 0.717) is 0 Å². The van der Waals surface area contributed by atoms with E-state index in [0.717, 1.165) is 6.07 Å². The SMILES string of the molecule is COC(C(=O)O)C(C)(C)c1cccc(F)c1F. The summed E-state index contributed by atoms with van der Waals surface area (Å²) in [5.74, 6) is -3.27. The number of methoxy groups -OCH3 is 1. The van der Waals surface area contributed by atoms with Gasteiger partial charge in [0.1, 0.15) is 0 Å². The van der Waals surface area contributed by atoms with Crippen LogP contribution in [0.2, 0.25) is 0 Å². The van der Waals surface area contributed by atoms with E-state index in [4.69, 9.17) is 9.84 Å². The van der Waals surface area contributed by atoms with Crippen molar-refractivity contribution >= 4 is 5.97 Å². The number of aliphatic carboxylic acids is 1. The summed E-state index contributed by atoms with van der Waals surface area (Å²) in [6.45, 7) is 2.99. The summed E-state index contributed by atoms with van der Waals surface area (Å²) in [4.78, 5) is 11.0. The van der Waals surface area contributed by atoms with E-state index in [-0.39, 0.29) is 5.56 Å². The quantitative estimate of drug-likeness (QED) is 0.884. The molecule has 0 aliphatic heterocycles. The molecule has 0 bridgehead atoms. The van der Waals surface area contributed by atoms with Crippen molar-refractivity contribution in [1.29, 1.82) is 0 Å². The third kappa shape index (κ3) is 2.44. The average molecular weight is 244 g/mol. The highest BCUT2D eigenvalue weighted by molar-refractivity contribution is 5.74. The highest BCUT2D eigenvalue weighted by atomic mass is 19.2. The van der Waals surface area contributed by atoms with Gasteiger partial charge in [-0.15, -0.1) is 0 Å². The van der Waals surface area contributed by atoms with Crippen LogP contribution in [0.3, 0.4) is 0 Å². The Morgan fingerprint density at radius 1 is 1.41 bits per heavy atom. The number of hydrogen-bond donors (Lipinski definition) is 1. The van der Waals surface area contributed by atoms with Crippen LogP contribution in [0.15, 0.2) is 18.2 Å². The van der Waals surface area contributed by atoms with Crippen molar-refractivity contribution in [3.8, 4) is 0 Å². The Hall–Kier alpha value is -1.49. The van der Waals surface area contributed by atoms with Gasteiger partial charge >= 0.3 is 5.97 Å². The van der Waals surface area contributed by atoms with E-state index in [9.17, 15) is 13.6 Å². The van der Waals surface area contributed by atoms with Crippen molar-refractivity contribution in [2.75, 3.05) is 7.11 Å². The van der Waals surface area contributed by atoms with Crippen LogP contribution >= 0.6 is 0 Å². The standard InChI is InChI=1S/C12H14F2O3/c1-12(2,10(17-3)11(15)16)7-5-4-6-8(13)9(7)14/h4-6,10H,1-3H3,(H,15,16). The molecule has 0 spiro atoms. The minimum absolute atomic E-state index is 0.0215. The number of ether oxygens (including phenoxy) is 1. The summed E-state index contributed by atoms with van der Waals surface area (Å²) in [5, 5.41) is 8.99. The number of halogens is 2. The summed E-state index contributed by atoms with van der Waals surface area (Å²) in [6, 6.07) is 3.68. The molecule has 0 heterocycles. The second-order valence-corrected chi connectivity index (χ2v) is 4.28. The van der Waals surface area contributed by atoms with E-state index < -0.39 is 29.1 Å². The predicted octanol–water partition coefficient (Wildman–Crippen LogP) is 2.34. The van der Waals surface area contributed by atoms with Crippen LogP contribution in [0.4, 0.5) is 8.78 Å². The minimum atomic E-state index is -1.25. The van der Waals surface area contributed by atoms with Crippen molar-refractivity contribution in [3.63, 3.8) is 0 Å². The first kappa shape index (κ1) is 13.6. The van der Waals surface area contributed by atoms with Gasteiger partial charge in [0.15, 0.2) is 17.7 Å². The van der Waals surface area contributed by atoms with Crippen molar-refractivity contribution in [3.05, 3.63) is 35.4 Å². The van der Waals surface area contributed by atoms with Crippen LogP contribution < -0.4 is 0 Å². The van der Waals surface area contributed by atoms with Crippen LogP contribution in [-0.4, -0.2) is 24.3 Å². The molecule has 5 heteroatoms. The normalized spacial score (nSPS) is 13.5. The van der Waals surface area contributed by atoms with Crippen molar-refractivity contribution in [2.45, 2.75) is 25.4 Å². The van der Waals surface area contributed by atoms with E-state index in [2.05, 4.69) is 0 Å². The molecule has 0 aliphatic rings. The Bertz CT molecular complexity index is 430. The zero-order chi connectivity index (χ0) is 13.2. The van der Waals surface area contributed by atoms with Gasteiger partial charge in [-0.2, -0.15) is 0 Å². The van der Waals surface area contributed by atoms with Gasteiger partial charge < -0.3 is 9.84 Å². The molecule has 1 aromatic rings. The van der Waals surface area contributed by atoms with E-state index in [1.54, 1.807) is 0 Å². The lowest BCUT2D eigenvalue weighted by atomic mass is 9.79. The highest BCUT2D eigenvalue weighted by Crippen LogP contribution is 2.31. The number of rotatable bonds is 4. The van der Waals surface area contributed by atoms with Crippen LogP contribution in [0.1, 0.15) is 19.4 Å². The molecule has 1 unspecified atom stereocenters. The number of carboxylic acids is 1. The lowest BCUT2D eigenvalue weighted by Gasteiger charge is -2.31. The molecule has 0 aromatic heterocycles. The Morgan fingerprint density at radius 3 is 2.47 bits per heavy atom. The van der Waals surface area contributed by atoms with E-state index in [1.165, 1.54) is 33.1 Å².